The van der Waals surface area contributed by atoms with E-state index in [0.29, 0.717) is 47.2 Å². The number of carbonyl (C=O) groups is 1. The zero-order valence-electron chi connectivity index (χ0n) is 31.4. The molecule has 1 amide bonds. The molecule has 8 aromatic rings. The lowest BCUT2D eigenvalue weighted by Crippen LogP contribution is -2.32. The van der Waals surface area contributed by atoms with Crippen LogP contribution in [0.2, 0.25) is 5.02 Å². The summed E-state index contributed by atoms with van der Waals surface area (Å²) in [6, 6.07) is 24.1. The zero-order valence-corrected chi connectivity index (χ0v) is 33.0. The van der Waals surface area contributed by atoms with Crippen LogP contribution in [-0.2, 0) is 17.8 Å². The van der Waals surface area contributed by atoms with Gasteiger partial charge in [0, 0.05) is 45.8 Å². The van der Waals surface area contributed by atoms with Crippen molar-refractivity contribution in [2.24, 2.45) is 5.73 Å². The maximum absolute atomic E-state index is 11.5. The van der Waals surface area contributed by atoms with Crippen molar-refractivity contribution in [1.29, 1.82) is 5.26 Å². The summed E-state index contributed by atoms with van der Waals surface area (Å²) in [6.07, 6.45) is -0.427. The molecule has 286 valence electrons. The molecule has 4 aromatic carbocycles. The second-order valence-corrected chi connectivity index (χ2v) is 13.4. The van der Waals surface area contributed by atoms with Crippen molar-refractivity contribution in [2.75, 3.05) is 0 Å². The number of hydrogen-bond acceptors (Lipinski definition) is 12. The number of nitriles is 1. The van der Waals surface area contributed by atoms with E-state index < -0.39 is 11.7 Å². The summed E-state index contributed by atoms with van der Waals surface area (Å²) in [6.45, 7) is 13.7. The van der Waals surface area contributed by atoms with Gasteiger partial charge in [-0.25, -0.2) is 24.7 Å². The molecule has 15 heteroatoms. The Hall–Kier alpha value is -5.94. The van der Waals surface area contributed by atoms with Crippen molar-refractivity contribution in [2.45, 2.75) is 67.2 Å². The SMILES string of the molecule is Cc1nc2cc(C#N)ccc2o1.Cc1nc2cc(CN)ccc2o1.Cc1nc2cc(CNC(=O)OC(C)(C)C)ccc2o1.Cc1nc2cc(Cl)ccc2o1.Cl. The number of carbonyl (C=O) groups excluding carboxylic acids is 1. The molecule has 0 aliphatic rings. The van der Waals surface area contributed by atoms with Gasteiger partial charge in [-0.1, -0.05) is 23.7 Å². The number of aryl methyl sites for hydroxylation is 4. The fourth-order valence-corrected chi connectivity index (χ4v) is 5.20. The molecule has 0 aliphatic heterocycles. The number of oxazole rings is 4. The minimum Gasteiger partial charge on any atom is -0.444 e. The van der Waals surface area contributed by atoms with Crippen LogP contribution in [0.25, 0.3) is 44.4 Å². The number of ether oxygens (including phenoxy) is 1. The van der Waals surface area contributed by atoms with Crippen molar-refractivity contribution >= 4 is 74.5 Å². The minimum atomic E-state index is -0.489. The molecule has 0 atom stereocenters. The zero-order chi connectivity index (χ0) is 39.0. The minimum absolute atomic E-state index is 0. The van der Waals surface area contributed by atoms with Gasteiger partial charge in [0.1, 0.15) is 27.7 Å². The summed E-state index contributed by atoms with van der Waals surface area (Å²) in [5, 5.41) is 12.0. The van der Waals surface area contributed by atoms with Crippen LogP contribution in [0.4, 0.5) is 4.79 Å². The van der Waals surface area contributed by atoms with Crippen molar-refractivity contribution in [3.63, 3.8) is 0 Å². The topological polar surface area (TPSA) is 192 Å². The first-order valence-electron chi connectivity index (χ1n) is 16.9. The first-order valence-corrected chi connectivity index (χ1v) is 17.2. The Morgan fingerprint density at radius 1 is 0.709 bits per heavy atom. The summed E-state index contributed by atoms with van der Waals surface area (Å²) >= 11 is 5.75. The summed E-state index contributed by atoms with van der Waals surface area (Å²) in [5.41, 5.74) is 14.0. The molecule has 0 saturated carbocycles. The van der Waals surface area contributed by atoms with Gasteiger partial charge >= 0.3 is 6.09 Å². The molecule has 4 heterocycles. The predicted octanol–water partition coefficient (Wildman–Crippen LogP) is 9.98. The van der Waals surface area contributed by atoms with E-state index in [9.17, 15) is 4.79 Å². The van der Waals surface area contributed by atoms with Crippen LogP contribution >= 0.6 is 24.0 Å². The lowest BCUT2D eigenvalue weighted by Gasteiger charge is -2.19. The Morgan fingerprint density at radius 3 is 1.60 bits per heavy atom. The molecule has 0 aliphatic carbocycles. The number of benzene rings is 4. The molecule has 4 aromatic heterocycles. The monoisotopic (exact) mass is 785 g/mol. The van der Waals surface area contributed by atoms with Crippen LogP contribution in [0.1, 0.15) is 61.0 Å². The summed E-state index contributed by atoms with van der Waals surface area (Å²) in [5.74, 6) is 2.62. The van der Waals surface area contributed by atoms with Gasteiger partial charge in [-0.3, -0.25) is 0 Å². The summed E-state index contributed by atoms with van der Waals surface area (Å²) in [7, 11) is 0. The van der Waals surface area contributed by atoms with Gasteiger partial charge in [-0.05, 0) is 92.6 Å². The smallest absolute Gasteiger partial charge is 0.407 e. The summed E-state index contributed by atoms with van der Waals surface area (Å²) in [4.78, 5) is 28.2. The Bertz CT molecular complexity index is 2580. The highest BCUT2D eigenvalue weighted by atomic mass is 35.5. The number of nitrogens with zero attached hydrogens (tertiary/aromatic N) is 5. The van der Waals surface area contributed by atoms with E-state index in [2.05, 4.69) is 25.3 Å². The van der Waals surface area contributed by atoms with Gasteiger partial charge in [0.15, 0.2) is 45.9 Å². The Balaban J connectivity index is 0.000000166. The number of aromatic nitrogens is 4. The van der Waals surface area contributed by atoms with Crippen molar-refractivity contribution in [1.82, 2.24) is 25.3 Å². The first kappa shape index (κ1) is 41.8. The van der Waals surface area contributed by atoms with E-state index in [0.717, 1.165) is 55.5 Å². The molecule has 55 heavy (non-hydrogen) atoms. The van der Waals surface area contributed by atoms with Gasteiger partial charge in [-0.15, -0.1) is 12.4 Å². The van der Waals surface area contributed by atoms with Crippen LogP contribution in [-0.4, -0.2) is 31.6 Å². The molecule has 8 rings (SSSR count). The Kier molecular flexibility index (Phi) is 14.0. The molecule has 0 spiro atoms. The van der Waals surface area contributed by atoms with Gasteiger partial charge in [0.05, 0.1) is 11.6 Å². The molecular weight excluding hydrogens is 745 g/mol. The van der Waals surface area contributed by atoms with Crippen molar-refractivity contribution < 1.29 is 27.2 Å². The molecule has 0 saturated heterocycles. The van der Waals surface area contributed by atoms with E-state index in [-0.39, 0.29) is 12.4 Å². The highest BCUT2D eigenvalue weighted by molar-refractivity contribution is 6.31. The molecule has 0 radical (unpaired) electrons. The third-order valence-electron chi connectivity index (χ3n) is 7.27. The fraction of sp³-hybridized carbons (Fsp3) is 0.250. The molecule has 0 fully saturated rings. The van der Waals surface area contributed by atoms with Gasteiger partial charge < -0.3 is 33.5 Å². The highest BCUT2D eigenvalue weighted by Gasteiger charge is 2.16. The molecule has 13 nitrogen and oxygen atoms in total. The van der Waals surface area contributed by atoms with Crippen LogP contribution in [0.5, 0.6) is 0 Å². The number of alkyl carbamates (subject to hydrolysis) is 1. The molecule has 0 unspecified atom stereocenters. The lowest BCUT2D eigenvalue weighted by molar-refractivity contribution is 0.0523. The fourth-order valence-electron chi connectivity index (χ4n) is 5.03. The number of nitrogens with two attached hydrogens (primary N) is 1. The third-order valence-corrected chi connectivity index (χ3v) is 7.50. The second-order valence-electron chi connectivity index (χ2n) is 13.0. The predicted molar refractivity (Wildman–Crippen MR) is 213 cm³/mol. The van der Waals surface area contributed by atoms with E-state index in [1.165, 1.54) is 0 Å². The Morgan fingerprint density at radius 2 is 1.13 bits per heavy atom. The number of amides is 1. The van der Waals surface area contributed by atoms with Crippen molar-refractivity contribution in [3.8, 4) is 6.07 Å². The lowest BCUT2D eigenvalue weighted by atomic mass is 10.2. The second kappa shape index (κ2) is 18.4. The molecule has 0 bridgehead atoms. The molecule has 3 N–H and O–H groups in total. The number of hydrogen-bond donors (Lipinski definition) is 2. The van der Waals surface area contributed by atoms with Gasteiger partial charge in [0.2, 0.25) is 0 Å². The Labute approximate surface area is 328 Å². The van der Waals surface area contributed by atoms with Crippen molar-refractivity contribution in [3.05, 3.63) is 118 Å². The van der Waals surface area contributed by atoms with E-state index in [4.69, 9.17) is 45.0 Å². The van der Waals surface area contributed by atoms with Crippen LogP contribution < -0.4 is 11.1 Å². The quantitative estimate of drug-likeness (QED) is 0.172. The average molecular weight is 787 g/mol. The molecular formula is C40H41Cl2N7O6. The van der Waals surface area contributed by atoms with E-state index in [1.807, 2.05) is 83.2 Å². The maximum atomic E-state index is 11.5. The normalized spacial score (nSPS) is 10.7. The largest absolute Gasteiger partial charge is 0.444 e. The highest BCUT2D eigenvalue weighted by Crippen LogP contribution is 2.20. The van der Waals surface area contributed by atoms with Crippen LogP contribution in [0.3, 0.4) is 0 Å². The number of fused-ring (bicyclic) bond motifs is 4. The van der Waals surface area contributed by atoms with Gasteiger partial charge in [-0.2, -0.15) is 5.26 Å². The van der Waals surface area contributed by atoms with Crippen LogP contribution in [0.15, 0.2) is 90.5 Å². The van der Waals surface area contributed by atoms with Gasteiger partial charge in [0.25, 0.3) is 0 Å². The summed E-state index contributed by atoms with van der Waals surface area (Å²) < 4.78 is 26.4. The average Bonchev–Trinajstić information content (AvgIpc) is 3.88. The van der Waals surface area contributed by atoms with E-state index in [1.54, 1.807) is 44.2 Å². The third kappa shape index (κ3) is 12.0. The number of rotatable bonds is 3. The number of halogens is 2. The first-order chi connectivity index (χ1) is 25.7. The van der Waals surface area contributed by atoms with E-state index >= 15 is 0 Å². The number of nitrogens with one attached hydrogen (secondary N) is 1. The standard InChI is InChI=1S/C14H18N2O3.C9H10N2O.C9H6N2O.C8H6ClNO.ClH/c1-9-16-11-7-10(5-6-12(11)18-9)8-15-13(17)19-14(2,3)4;2*1-6-11-8-4-7(5-10)2-3-9(8)12-6;1-5-10-7-4-6(9)2-3-8(7)11-5;/h5-7H,8H2,1-4H3,(H,15,17);2-4H,5,10H2,1H3;2-4H,1H3;2-4H,1H3;1H. The van der Waals surface area contributed by atoms with Crippen LogP contribution in [0, 0.1) is 39.0 Å². The maximum Gasteiger partial charge on any atom is 0.407 e.